The SMILES string of the molecule is Cc1ncn(CC(=O)Nc2cc(F)ccc2N)c1C. The number of carbonyl (C=O) groups is 1. The van der Waals surface area contributed by atoms with Crippen molar-refractivity contribution in [3.05, 3.63) is 41.7 Å². The monoisotopic (exact) mass is 262 g/mol. The van der Waals surface area contributed by atoms with Crippen LogP contribution < -0.4 is 11.1 Å². The predicted molar refractivity (Wildman–Crippen MR) is 71.1 cm³/mol. The second-order valence-electron chi connectivity index (χ2n) is 4.32. The second kappa shape index (κ2) is 5.09. The van der Waals surface area contributed by atoms with Crippen molar-refractivity contribution in [1.82, 2.24) is 9.55 Å². The molecule has 3 N–H and O–H groups in total. The summed E-state index contributed by atoms with van der Waals surface area (Å²) < 4.78 is 14.8. The van der Waals surface area contributed by atoms with Gasteiger partial charge in [0.15, 0.2) is 0 Å². The van der Waals surface area contributed by atoms with Crippen molar-refractivity contribution in [2.75, 3.05) is 11.1 Å². The van der Waals surface area contributed by atoms with Crippen molar-refractivity contribution in [3.63, 3.8) is 0 Å². The normalized spacial score (nSPS) is 10.5. The molecule has 0 aliphatic heterocycles. The van der Waals surface area contributed by atoms with E-state index in [4.69, 9.17) is 5.73 Å². The number of amides is 1. The zero-order valence-electron chi connectivity index (χ0n) is 10.8. The highest BCUT2D eigenvalue weighted by Crippen LogP contribution is 2.19. The van der Waals surface area contributed by atoms with Crippen LogP contribution in [0.4, 0.5) is 15.8 Å². The summed E-state index contributed by atoms with van der Waals surface area (Å²) in [6.07, 6.45) is 1.60. The van der Waals surface area contributed by atoms with Gasteiger partial charge in [0.2, 0.25) is 5.91 Å². The van der Waals surface area contributed by atoms with E-state index in [1.54, 1.807) is 10.9 Å². The maximum atomic E-state index is 13.1. The van der Waals surface area contributed by atoms with Gasteiger partial charge in [0.25, 0.3) is 0 Å². The molecule has 1 aromatic carbocycles. The van der Waals surface area contributed by atoms with E-state index in [2.05, 4.69) is 10.3 Å². The van der Waals surface area contributed by atoms with Crippen molar-refractivity contribution < 1.29 is 9.18 Å². The lowest BCUT2D eigenvalue weighted by Gasteiger charge is -2.09. The van der Waals surface area contributed by atoms with Gasteiger partial charge in [0.05, 0.1) is 23.4 Å². The fourth-order valence-corrected chi connectivity index (χ4v) is 1.68. The van der Waals surface area contributed by atoms with Gasteiger partial charge in [-0.25, -0.2) is 9.37 Å². The summed E-state index contributed by atoms with van der Waals surface area (Å²) in [6, 6.07) is 3.85. The van der Waals surface area contributed by atoms with E-state index in [9.17, 15) is 9.18 Å². The van der Waals surface area contributed by atoms with Crippen molar-refractivity contribution in [2.45, 2.75) is 20.4 Å². The number of anilines is 2. The van der Waals surface area contributed by atoms with E-state index in [-0.39, 0.29) is 18.1 Å². The smallest absolute Gasteiger partial charge is 0.244 e. The molecular weight excluding hydrogens is 247 g/mol. The van der Waals surface area contributed by atoms with E-state index in [0.717, 1.165) is 11.4 Å². The van der Waals surface area contributed by atoms with Gasteiger partial charge in [-0.1, -0.05) is 0 Å². The summed E-state index contributed by atoms with van der Waals surface area (Å²) in [7, 11) is 0. The Hall–Kier alpha value is -2.37. The molecule has 0 radical (unpaired) electrons. The molecule has 0 atom stereocenters. The molecule has 100 valence electrons. The summed E-state index contributed by atoms with van der Waals surface area (Å²) in [5, 5.41) is 2.58. The Morgan fingerprint density at radius 1 is 1.47 bits per heavy atom. The number of nitrogens with one attached hydrogen (secondary N) is 1. The molecule has 0 aliphatic rings. The number of nitrogens with two attached hydrogens (primary N) is 1. The summed E-state index contributed by atoms with van der Waals surface area (Å²) in [5.74, 6) is -0.725. The van der Waals surface area contributed by atoms with Gasteiger partial charge in [-0.3, -0.25) is 4.79 Å². The maximum absolute atomic E-state index is 13.1. The number of halogens is 1. The number of aromatic nitrogens is 2. The number of nitrogen functional groups attached to an aromatic ring is 1. The topological polar surface area (TPSA) is 72.9 Å². The highest BCUT2D eigenvalue weighted by Gasteiger charge is 2.09. The number of nitrogens with zero attached hydrogens (tertiary/aromatic N) is 2. The van der Waals surface area contributed by atoms with E-state index >= 15 is 0 Å². The minimum absolute atomic E-state index is 0.114. The van der Waals surface area contributed by atoms with Crippen LogP contribution in [0.15, 0.2) is 24.5 Å². The van der Waals surface area contributed by atoms with Crippen molar-refractivity contribution in [1.29, 1.82) is 0 Å². The number of hydrogen-bond acceptors (Lipinski definition) is 3. The minimum atomic E-state index is -0.445. The Morgan fingerprint density at radius 3 is 2.84 bits per heavy atom. The first-order valence-electron chi connectivity index (χ1n) is 5.80. The first-order valence-corrected chi connectivity index (χ1v) is 5.80. The fourth-order valence-electron chi connectivity index (χ4n) is 1.68. The molecule has 1 aromatic heterocycles. The van der Waals surface area contributed by atoms with Gasteiger partial charge in [-0.2, -0.15) is 0 Å². The third-order valence-corrected chi connectivity index (χ3v) is 2.95. The molecule has 0 aliphatic carbocycles. The molecule has 0 saturated carbocycles. The summed E-state index contributed by atoms with van der Waals surface area (Å²) in [5.41, 5.74) is 8.06. The lowest BCUT2D eigenvalue weighted by atomic mass is 10.2. The minimum Gasteiger partial charge on any atom is -0.397 e. The highest BCUT2D eigenvalue weighted by molar-refractivity contribution is 5.93. The molecule has 5 nitrogen and oxygen atoms in total. The summed E-state index contributed by atoms with van der Waals surface area (Å²) in [6.45, 7) is 3.86. The van der Waals surface area contributed by atoms with Crippen LogP contribution in [-0.4, -0.2) is 15.5 Å². The third-order valence-electron chi connectivity index (χ3n) is 2.95. The summed E-state index contributed by atoms with van der Waals surface area (Å²) >= 11 is 0. The van der Waals surface area contributed by atoms with Crippen molar-refractivity contribution in [3.8, 4) is 0 Å². The van der Waals surface area contributed by atoms with Gasteiger partial charge in [0.1, 0.15) is 12.4 Å². The molecule has 2 rings (SSSR count). The molecule has 6 heteroatoms. The van der Waals surface area contributed by atoms with Crippen LogP contribution in [0.3, 0.4) is 0 Å². The quantitative estimate of drug-likeness (QED) is 0.829. The molecule has 2 aromatic rings. The molecule has 0 spiro atoms. The average molecular weight is 262 g/mol. The number of benzene rings is 1. The lowest BCUT2D eigenvalue weighted by Crippen LogP contribution is -2.19. The lowest BCUT2D eigenvalue weighted by molar-refractivity contribution is -0.116. The summed E-state index contributed by atoms with van der Waals surface area (Å²) in [4.78, 5) is 16.0. The fraction of sp³-hybridized carbons (Fsp3) is 0.231. The number of imidazole rings is 1. The van der Waals surface area contributed by atoms with Gasteiger partial charge in [-0.15, -0.1) is 0 Å². The highest BCUT2D eigenvalue weighted by atomic mass is 19.1. The Balaban J connectivity index is 2.09. The molecule has 0 unspecified atom stereocenters. The van der Waals surface area contributed by atoms with E-state index in [1.807, 2.05) is 13.8 Å². The zero-order valence-corrected chi connectivity index (χ0v) is 10.8. The Kier molecular flexibility index (Phi) is 3.50. The Labute approximate surface area is 110 Å². The molecule has 0 saturated heterocycles. The largest absolute Gasteiger partial charge is 0.397 e. The van der Waals surface area contributed by atoms with Crippen LogP contribution in [-0.2, 0) is 11.3 Å². The van der Waals surface area contributed by atoms with Crippen molar-refractivity contribution in [2.24, 2.45) is 0 Å². The second-order valence-corrected chi connectivity index (χ2v) is 4.32. The zero-order chi connectivity index (χ0) is 14.0. The molecule has 1 heterocycles. The van der Waals surface area contributed by atoms with E-state index < -0.39 is 5.82 Å². The average Bonchev–Trinajstić information content (AvgIpc) is 2.66. The molecular formula is C13H15FN4O. The van der Waals surface area contributed by atoms with Gasteiger partial charge in [-0.05, 0) is 32.0 Å². The van der Waals surface area contributed by atoms with Crippen LogP contribution in [0.1, 0.15) is 11.4 Å². The Morgan fingerprint density at radius 2 is 2.21 bits per heavy atom. The molecule has 19 heavy (non-hydrogen) atoms. The van der Waals surface area contributed by atoms with Gasteiger partial charge in [0, 0.05) is 5.69 Å². The standard InChI is InChI=1S/C13H15FN4O/c1-8-9(2)18(7-16-8)6-13(19)17-12-5-10(14)3-4-11(12)15/h3-5,7H,6,15H2,1-2H3,(H,17,19). The van der Waals surface area contributed by atoms with Crippen molar-refractivity contribution >= 4 is 17.3 Å². The number of aryl methyl sites for hydroxylation is 1. The molecule has 0 fully saturated rings. The predicted octanol–water partition coefficient (Wildman–Crippen LogP) is 1.86. The van der Waals surface area contributed by atoms with Crippen LogP contribution in [0.5, 0.6) is 0 Å². The van der Waals surface area contributed by atoms with E-state index in [0.29, 0.717) is 5.69 Å². The molecule has 1 amide bonds. The van der Waals surface area contributed by atoms with Crippen LogP contribution >= 0.6 is 0 Å². The van der Waals surface area contributed by atoms with E-state index in [1.165, 1.54) is 18.2 Å². The van der Waals surface area contributed by atoms with Crippen LogP contribution in [0.25, 0.3) is 0 Å². The third kappa shape index (κ3) is 2.90. The maximum Gasteiger partial charge on any atom is 0.244 e. The number of rotatable bonds is 3. The van der Waals surface area contributed by atoms with Gasteiger partial charge < -0.3 is 15.6 Å². The first-order chi connectivity index (χ1) is 8.97. The van der Waals surface area contributed by atoms with Crippen LogP contribution in [0, 0.1) is 19.7 Å². The van der Waals surface area contributed by atoms with Crippen LogP contribution in [0.2, 0.25) is 0 Å². The number of hydrogen-bond donors (Lipinski definition) is 2. The molecule has 0 bridgehead atoms. The first kappa shape index (κ1) is 13.1. The number of carbonyl (C=O) groups excluding carboxylic acids is 1. The van der Waals surface area contributed by atoms with Gasteiger partial charge >= 0.3 is 0 Å². The Bertz CT molecular complexity index is 621.